The summed E-state index contributed by atoms with van der Waals surface area (Å²) in [5.41, 5.74) is -0.279. The molecule has 0 spiro atoms. The lowest BCUT2D eigenvalue weighted by molar-refractivity contribution is -0.122. The summed E-state index contributed by atoms with van der Waals surface area (Å²) in [6, 6.07) is 10.4. The Morgan fingerprint density at radius 1 is 1.32 bits per heavy atom. The molecule has 1 atom stereocenters. The molecular formula is C16H15N3O3. The number of carbonyl (C=O) groups is 1. The highest BCUT2D eigenvalue weighted by molar-refractivity contribution is 5.81. The lowest BCUT2D eigenvalue weighted by Gasteiger charge is -2.12. The average Bonchev–Trinajstić information content (AvgIpc) is 3.05. The highest BCUT2D eigenvalue weighted by Crippen LogP contribution is 2.12. The second-order valence-corrected chi connectivity index (χ2v) is 5.00. The molecule has 0 saturated heterocycles. The molecule has 6 nitrogen and oxygen atoms in total. The van der Waals surface area contributed by atoms with E-state index in [0.717, 1.165) is 10.1 Å². The fourth-order valence-electron chi connectivity index (χ4n) is 2.27. The molecule has 3 aromatic rings. The first-order valence-corrected chi connectivity index (χ1v) is 6.93. The first-order valence-electron chi connectivity index (χ1n) is 6.93. The van der Waals surface area contributed by atoms with Gasteiger partial charge in [-0.1, -0.05) is 18.2 Å². The standard InChI is InChI=1S/C16H15N3O3/c1-11(14-7-4-8-22-14)18-15(20)10-19-16(21)13-6-3-2-5-12(13)9-17-19/h2-9,11H,10H2,1H3,(H,18,20)/t11-/m0/s1. The predicted octanol–water partition coefficient (Wildman–Crippen LogP) is 1.87. The molecule has 0 unspecified atom stereocenters. The number of hydrogen-bond donors (Lipinski definition) is 1. The Kier molecular flexibility index (Phi) is 3.74. The molecule has 1 amide bonds. The van der Waals surface area contributed by atoms with Gasteiger partial charge in [-0.3, -0.25) is 9.59 Å². The van der Waals surface area contributed by atoms with Gasteiger partial charge in [-0.05, 0) is 25.1 Å². The molecule has 112 valence electrons. The minimum Gasteiger partial charge on any atom is -0.467 e. The van der Waals surface area contributed by atoms with Gasteiger partial charge in [-0.15, -0.1) is 0 Å². The quantitative estimate of drug-likeness (QED) is 0.797. The van der Waals surface area contributed by atoms with E-state index < -0.39 is 0 Å². The van der Waals surface area contributed by atoms with Gasteiger partial charge in [0.05, 0.1) is 23.9 Å². The lowest BCUT2D eigenvalue weighted by atomic mass is 10.2. The van der Waals surface area contributed by atoms with Gasteiger partial charge < -0.3 is 9.73 Å². The third-order valence-corrected chi connectivity index (χ3v) is 3.40. The molecule has 0 bridgehead atoms. The molecular weight excluding hydrogens is 282 g/mol. The molecule has 22 heavy (non-hydrogen) atoms. The number of amides is 1. The van der Waals surface area contributed by atoms with Crippen molar-refractivity contribution < 1.29 is 9.21 Å². The summed E-state index contributed by atoms with van der Waals surface area (Å²) in [4.78, 5) is 24.3. The zero-order valence-corrected chi connectivity index (χ0v) is 12.0. The van der Waals surface area contributed by atoms with Crippen molar-refractivity contribution in [2.75, 3.05) is 0 Å². The molecule has 1 aromatic carbocycles. The maximum absolute atomic E-state index is 12.3. The van der Waals surface area contributed by atoms with Gasteiger partial charge >= 0.3 is 0 Å². The van der Waals surface area contributed by atoms with E-state index >= 15 is 0 Å². The molecule has 1 N–H and O–H groups in total. The molecule has 0 aliphatic carbocycles. The highest BCUT2D eigenvalue weighted by Gasteiger charge is 2.13. The summed E-state index contributed by atoms with van der Waals surface area (Å²) >= 11 is 0. The molecule has 0 saturated carbocycles. The van der Waals surface area contributed by atoms with Gasteiger partial charge in [-0.25, -0.2) is 4.68 Å². The molecule has 0 aliphatic rings. The van der Waals surface area contributed by atoms with Crippen molar-refractivity contribution in [1.82, 2.24) is 15.1 Å². The maximum atomic E-state index is 12.3. The summed E-state index contributed by atoms with van der Waals surface area (Å²) in [5.74, 6) is 0.362. The number of benzene rings is 1. The largest absolute Gasteiger partial charge is 0.467 e. The molecule has 3 rings (SSSR count). The van der Waals surface area contributed by atoms with Crippen LogP contribution in [-0.2, 0) is 11.3 Å². The molecule has 0 aliphatic heterocycles. The second-order valence-electron chi connectivity index (χ2n) is 5.00. The van der Waals surface area contributed by atoms with Crippen molar-refractivity contribution >= 4 is 16.7 Å². The molecule has 2 heterocycles. The van der Waals surface area contributed by atoms with Crippen LogP contribution in [0.4, 0.5) is 0 Å². The van der Waals surface area contributed by atoms with Crippen molar-refractivity contribution in [3.8, 4) is 0 Å². The van der Waals surface area contributed by atoms with Gasteiger partial charge in [0, 0.05) is 5.39 Å². The van der Waals surface area contributed by atoms with Crippen molar-refractivity contribution in [1.29, 1.82) is 0 Å². The number of fused-ring (bicyclic) bond motifs is 1. The summed E-state index contributed by atoms with van der Waals surface area (Å²) in [6.07, 6.45) is 3.13. The van der Waals surface area contributed by atoms with Crippen molar-refractivity contribution in [3.63, 3.8) is 0 Å². The van der Waals surface area contributed by atoms with Gasteiger partial charge in [0.1, 0.15) is 12.3 Å². The number of hydrogen-bond acceptors (Lipinski definition) is 4. The van der Waals surface area contributed by atoms with E-state index in [1.807, 2.05) is 19.1 Å². The van der Waals surface area contributed by atoms with E-state index in [-0.39, 0.29) is 24.1 Å². The minimum atomic E-state index is -0.297. The van der Waals surface area contributed by atoms with Crippen LogP contribution < -0.4 is 10.9 Å². The van der Waals surface area contributed by atoms with E-state index in [2.05, 4.69) is 10.4 Å². The van der Waals surface area contributed by atoms with Crippen LogP contribution >= 0.6 is 0 Å². The van der Waals surface area contributed by atoms with Gasteiger partial charge in [0.15, 0.2) is 0 Å². The Balaban J connectivity index is 1.77. The minimum absolute atomic E-state index is 0.130. The summed E-state index contributed by atoms with van der Waals surface area (Å²) < 4.78 is 6.39. The van der Waals surface area contributed by atoms with Crippen LogP contribution in [0.3, 0.4) is 0 Å². The molecule has 0 fully saturated rings. The SMILES string of the molecule is C[C@H](NC(=O)Cn1ncc2ccccc2c1=O)c1ccco1. The van der Waals surface area contributed by atoms with Gasteiger partial charge in [0.2, 0.25) is 5.91 Å². The number of aromatic nitrogens is 2. The highest BCUT2D eigenvalue weighted by atomic mass is 16.3. The Morgan fingerprint density at radius 2 is 2.14 bits per heavy atom. The van der Waals surface area contributed by atoms with Gasteiger partial charge in [-0.2, -0.15) is 5.10 Å². The zero-order valence-electron chi connectivity index (χ0n) is 12.0. The van der Waals surface area contributed by atoms with Crippen LogP contribution in [0.15, 0.2) is 58.1 Å². The number of furan rings is 1. The van der Waals surface area contributed by atoms with E-state index in [1.54, 1.807) is 36.7 Å². The third-order valence-electron chi connectivity index (χ3n) is 3.40. The summed E-state index contributed by atoms with van der Waals surface area (Å²) in [6.45, 7) is 1.68. The number of nitrogens with one attached hydrogen (secondary N) is 1. The van der Waals surface area contributed by atoms with E-state index in [1.165, 1.54) is 0 Å². The monoisotopic (exact) mass is 297 g/mol. The maximum Gasteiger partial charge on any atom is 0.275 e. The summed E-state index contributed by atoms with van der Waals surface area (Å²) in [7, 11) is 0. The fourth-order valence-corrected chi connectivity index (χ4v) is 2.27. The Labute approximate surface area is 126 Å². The number of carbonyl (C=O) groups excluding carboxylic acids is 1. The lowest BCUT2D eigenvalue weighted by Crippen LogP contribution is -2.34. The predicted molar refractivity (Wildman–Crippen MR) is 81.3 cm³/mol. The van der Waals surface area contributed by atoms with Gasteiger partial charge in [0.25, 0.3) is 5.56 Å². The Morgan fingerprint density at radius 3 is 2.91 bits per heavy atom. The van der Waals surface area contributed by atoms with E-state index in [0.29, 0.717) is 11.1 Å². The van der Waals surface area contributed by atoms with Crippen LogP contribution in [0.1, 0.15) is 18.7 Å². The van der Waals surface area contributed by atoms with Crippen LogP contribution in [0, 0.1) is 0 Å². The average molecular weight is 297 g/mol. The molecule has 6 heteroatoms. The first kappa shape index (κ1) is 14.1. The first-order chi connectivity index (χ1) is 10.6. The number of rotatable bonds is 4. The summed E-state index contributed by atoms with van der Waals surface area (Å²) in [5, 5.41) is 8.11. The van der Waals surface area contributed by atoms with E-state index in [4.69, 9.17) is 4.42 Å². The van der Waals surface area contributed by atoms with Crippen molar-refractivity contribution in [2.24, 2.45) is 0 Å². The smallest absolute Gasteiger partial charge is 0.275 e. The topological polar surface area (TPSA) is 77.1 Å². The van der Waals surface area contributed by atoms with Crippen LogP contribution in [-0.4, -0.2) is 15.7 Å². The Hall–Kier alpha value is -2.89. The normalized spacial score (nSPS) is 12.2. The van der Waals surface area contributed by atoms with Crippen LogP contribution in [0.2, 0.25) is 0 Å². The van der Waals surface area contributed by atoms with Crippen LogP contribution in [0.25, 0.3) is 10.8 Å². The van der Waals surface area contributed by atoms with E-state index in [9.17, 15) is 9.59 Å². The third kappa shape index (κ3) is 2.76. The number of nitrogens with zero attached hydrogens (tertiary/aromatic N) is 2. The fraction of sp³-hybridized carbons (Fsp3) is 0.188. The zero-order chi connectivity index (χ0) is 15.5. The molecule has 2 aromatic heterocycles. The second kappa shape index (κ2) is 5.85. The molecule has 0 radical (unpaired) electrons. The van der Waals surface area contributed by atoms with Crippen molar-refractivity contribution in [2.45, 2.75) is 19.5 Å². The Bertz CT molecular complexity index is 852. The van der Waals surface area contributed by atoms with Crippen molar-refractivity contribution in [3.05, 3.63) is 65.0 Å². The van der Waals surface area contributed by atoms with Crippen LogP contribution in [0.5, 0.6) is 0 Å².